The van der Waals surface area contributed by atoms with Gasteiger partial charge in [-0.25, -0.2) is 9.59 Å². The van der Waals surface area contributed by atoms with Gasteiger partial charge in [-0.2, -0.15) is 0 Å². The molecular weight excluding hydrogens is 564 g/mol. The van der Waals surface area contributed by atoms with Crippen molar-refractivity contribution in [2.45, 2.75) is 12.0 Å². The lowest BCUT2D eigenvalue weighted by Crippen LogP contribution is -2.36. The first-order valence-corrected chi connectivity index (χ1v) is 13.4. The topological polar surface area (TPSA) is 145 Å². The van der Waals surface area contributed by atoms with Gasteiger partial charge in [-0.3, -0.25) is 4.79 Å². The number of fused-ring (bicyclic) bond motifs is 3. The van der Waals surface area contributed by atoms with E-state index in [9.17, 15) is 14.4 Å². The standard InChI is InChI=1S/C31H28O12/c1-36-23-8-16(9-24(37-2)29(23)38-3)26-18-10-21-22(42-14-41-21)11-19(18)28(20-12-40-31(35)27(20)26)43-30(34)15-4-6-17(7-5-15)39-13-25(32)33/h4-11,20,26-28H,12-14H2,1-3H3,(H,32,33)/t20?,26-,27?,28+/m1/s1. The van der Waals surface area contributed by atoms with Crippen LogP contribution in [0.25, 0.3) is 0 Å². The summed E-state index contributed by atoms with van der Waals surface area (Å²) >= 11 is 0. The van der Waals surface area contributed by atoms with Gasteiger partial charge in [-0.05, 0) is 59.7 Å². The maximum Gasteiger partial charge on any atom is 0.341 e. The molecule has 12 heteroatoms. The summed E-state index contributed by atoms with van der Waals surface area (Å²) in [6.07, 6.45) is -0.852. The van der Waals surface area contributed by atoms with E-state index in [-0.39, 0.29) is 24.7 Å². The minimum atomic E-state index is -1.12. The number of aliphatic carboxylic acids is 1. The van der Waals surface area contributed by atoms with Gasteiger partial charge in [0.05, 0.1) is 39.4 Å². The van der Waals surface area contributed by atoms with Crippen LogP contribution in [0.2, 0.25) is 0 Å². The Kier molecular flexibility index (Phi) is 7.34. The zero-order valence-corrected chi connectivity index (χ0v) is 23.5. The highest BCUT2D eigenvalue weighted by molar-refractivity contribution is 5.90. The third kappa shape index (κ3) is 4.98. The molecule has 1 fully saturated rings. The summed E-state index contributed by atoms with van der Waals surface area (Å²) in [4.78, 5) is 37.6. The van der Waals surface area contributed by atoms with Gasteiger partial charge in [0.25, 0.3) is 0 Å². The summed E-state index contributed by atoms with van der Waals surface area (Å²) in [6.45, 7) is -0.441. The third-order valence-corrected chi connectivity index (χ3v) is 7.85. The van der Waals surface area contributed by atoms with E-state index < -0.39 is 48.4 Å². The number of ether oxygens (including phenoxy) is 8. The van der Waals surface area contributed by atoms with Crippen molar-refractivity contribution in [2.24, 2.45) is 11.8 Å². The van der Waals surface area contributed by atoms with Gasteiger partial charge in [0.2, 0.25) is 12.5 Å². The van der Waals surface area contributed by atoms with Gasteiger partial charge in [0.15, 0.2) is 29.6 Å². The average Bonchev–Trinajstić information content (AvgIpc) is 3.64. The molecule has 2 aliphatic heterocycles. The fraction of sp³-hybridized carbons (Fsp3) is 0.323. The second kappa shape index (κ2) is 11.3. The number of carbonyl (C=O) groups is 3. The van der Waals surface area contributed by atoms with Crippen LogP contribution in [0.3, 0.4) is 0 Å². The molecule has 1 N–H and O–H groups in total. The van der Waals surface area contributed by atoms with Crippen LogP contribution in [-0.2, 0) is 19.1 Å². The van der Waals surface area contributed by atoms with Crippen LogP contribution in [0, 0.1) is 11.8 Å². The van der Waals surface area contributed by atoms with E-state index in [1.54, 1.807) is 18.2 Å². The highest BCUT2D eigenvalue weighted by atomic mass is 16.7. The molecular formula is C31H28O12. The largest absolute Gasteiger partial charge is 0.493 e. The molecule has 2 unspecified atom stereocenters. The smallest absolute Gasteiger partial charge is 0.341 e. The van der Waals surface area contributed by atoms with Crippen LogP contribution < -0.4 is 28.4 Å². The second-order valence-electron chi connectivity index (χ2n) is 10.1. The predicted molar refractivity (Wildman–Crippen MR) is 146 cm³/mol. The number of carbonyl (C=O) groups excluding carboxylic acids is 2. The molecule has 224 valence electrons. The summed E-state index contributed by atoms with van der Waals surface area (Å²) in [5, 5.41) is 8.83. The monoisotopic (exact) mass is 592 g/mol. The lowest BCUT2D eigenvalue weighted by molar-refractivity contribution is -0.142. The van der Waals surface area contributed by atoms with Crippen molar-refractivity contribution in [1.82, 2.24) is 0 Å². The number of cyclic esters (lactones) is 1. The Morgan fingerprint density at radius 1 is 0.884 bits per heavy atom. The van der Waals surface area contributed by atoms with Gasteiger partial charge in [0.1, 0.15) is 11.9 Å². The van der Waals surface area contributed by atoms with Crippen LogP contribution in [0.4, 0.5) is 0 Å². The molecule has 3 aliphatic rings. The molecule has 3 aromatic carbocycles. The number of carboxylic acids is 1. The molecule has 4 atom stereocenters. The van der Waals surface area contributed by atoms with E-state index in [0.717, 1.165) is 0 Å². The van der Waals surface area contributed by atoms with Crippen LogP contribution in [-0.4, -0.2) is 64.4 Å². The normalized spacial score (nSPS) is 21.2. The van der Waals surface area contributed by atoms with Crippen molar-refractivity contribution < 1.29 is 57.4 Å². The number of hydrogen-bond acceptors (Lipinski definition) is 11. The van der Waals surface area contributed by atoms with Crippen molar-refractivity contribution in [3.05, 3.63) is 70.8 Å². The predicted octanol–water partition coefficient (Wildman–Crippen LogP) is 3.74. The van der Waals surface area contributed by atoms with Gasteiger partial charge in [-0.15, -0.1) is 0 Å². The molecule has 2 heterocycles. The molecule has 1 aliphatic carbocycles. The third-order valence-electron chi connectivity index (χ3n) is 7.85. The van der Waals surface area contributed by atoms with E-state index in [1.165, 1.54) is 45.6 Å². The molecule has 6 rings (SSSR count). The zero-order chi connectivity index (χ0) is 30.2. The van der Waals surface area contributed by atoms with Crippen LogP contribution in [0.1, 0.15) is 39.1 Å². The molecule has 1 saturated heterocycles. The van der Waals surface area contributed by atoms with Crippen molar-refractivity contribution in [2.75, 3.05) is 41.3 Å². The minimum Gasteiger partial charge on any atom is -0.493 e. The van der Waals surface area contributed by atoms with Crippen molar-refractivity contribution in [3.63, 3.8) is 0 Å². The van der Waals surface area contributed by atoms with Crippen LogP contribution >= 0.6 is 0 Å². The van der Waals surface area contributed by atoms with E-state index in [2.05, 4.69) is 0 Å². The second-order valence-corrected chi connectivity index (χ2v) is 10.1. The van der Waals surface area contributed by atoms with E-state index in [1.807, 2.05) is 6.07 Å². The van der Waals surface area contributed by atoms with Gasteiger partial charge in [0, 0.05) is 17.4 Å². The Morgan fingerprint density at radius 3 is 2.14 bits per heavy atom. The number of hydrogen-bond donors (Lipinski definition) is 1. The van der Waals surface area contributed by atoms with Gasteiger partial charge in [-0.1, -0.05) is 0 Å². The summed E-state index contributed by atoms with van der Waals surface area (Å²) in [5.41, 5.74) is 2.29. The quantitative estimate of drug-likeness (QED) is 0.361. The summed E-state index contributed by atoms with van der Waals surface area (Å²) < 4.78 is 44.9. The lowest BCUT2D eigenvalue weighted by atomic mass is 9.66. The van der Waals surface area contributed by atoms with Gasteiger partial charge >= 0.3 is 17.9 Å². The highest BCUT2D eigenvalue weighted by Crippen LogP contribution is 2.56. The first-order valence-electron chi connectivity index (χ1n) is 13.4. The molecule has 12 nitrogen and oxygen atoms in total. The summed E-state index contributed by atoms with van der Waals surface area (Å²) in [5.74, 6) is -1.40. The van der Waals surface area contributed by atoms with E-state index in [0.29, 0.717) is 45.4 Å². The Balaban J connectivity index is 1.42. The summed E-state index contributed by atoms with van der Waals surface area (Å²) in [6, 6.07) is 13.1. The van der Waals surface area contributed by atoms with Crippen molar-refractivity contribution in [1.29, 1.82) is 0 Å². The fourth-order valence-electron chi connectivity index (χ4n) is 5.96. The SMILES string of the molecule is COc1cc([C@@H]2c3cc4c(cc3[C@H](OC(=O)c3ccc(OCC(=O)O)cc3)C3COC(=O)C32)OCO4)cc(OC)c1OC. The Hall–Kier alpha value is -5.13. The molecule has 0 saturated carbocycles. The fourth-order valence-corrected chi connectivity index (χ4v) is 5.96. The highest BCUT2D eigenvalue weighted by Gasteiger charge is 2.54. The number of benzene rings is 3. The maximum absolute atomic E-state index is 13.4. The van der Waals surface area contributed by atoms with Gasteiger partial charge < -0.3 is 43.0 Å². The summed E-state index contributed by atoms with van der Waals surface area (Å²) in [7, 11) is 4.54. The molecule has 3 aromatic rings. The zero-order valence-electron chi connectivity index (χ0n) is 23.5. The molecule has 0 bridgehead atoms. The molecule has 0 spiro atoms. The molecule has 43 heavy (non-hydrogen) atoms. The Labute approximate surface area is 245 Å². The van der Waals surface area contributed by atoms with Crippen LogP contribution in [0.5, 0.6) is 34.5 Å². The number of methoxy groups -OCH3 is 3. The molecule has 0 aromatic heterocycles. The Morgan fingerprint density at radius 2 is 1.53 bits per heavy atom. The van der Waals surface area contributed by atoms with Crippen molar-refractivity contribution in [3.8, 4) is 34.5 Å². The average molecular weight is 593 g/mol. The molecule has 0 radical (unpaired) electrons. The maximum atomic E-state index is 13.4. The number of rotatable bonds is 9. The Bertz CT molecular complexity index is 1560. The lowest BCUT2D eigenvalue weighted by Gasteiger charge is -2.38. The van der Waals surface area contributed by atoms with E-state index in [4.69, 9.17) is 43.0 Å². The van der Waals surface area contributed by atoms with Crippen molar-refractivity contribution >= 4 is 17.9 Å². The van der Waals surface area contributed by atoms with E-state index >= 15 is 0 Å². The molecule has 0 amide bonds. The minimum absolute atomic E-state index is 0.0305. The first kappa shape index (κ1) is 28.0. The first-order chi connectivity index (χ1) is 20.8. The number of esters is 2. The number of carboxylic acid groups (broad SMARTS) is 1. The van der Waals surface area contributed by atoms with Crippen LogP contribution in [0.15, 0.2) is 48.5 Å².